The summed E-state index contributed by atoms with van der Waals surface area (Å²) in [5.41, 5.74) is 2.15. The fraction of sp³-hybridized carbons (Fsp3) is 0.353. The highest BCUT2D eigenvalue weighted by Crippen LogP contribution is 2.17. The molecule has 24 heavy (non-hydrogen) atoms. The smallest absolute Gasteiger partial charge is 0.352 e. The zero-order chi connectivity index (χ0) is 17.9. The molecule has 3 N–H and O–H groups in total. The Labute approximate surface area is 139 Å². The fourth-order valence-corrected chi connectivity index (χ4v) is 2.74. The van der Waals surface area contributed by atoms with Crippen LogP contribution >= 0.6 is 0 Å². The molecule has 1 amide bonds. The summed E-state index contributed by atoms with van der Waals surface area (Å²) in [6.45, 7) is 6.04. The number of carbonyl (C=O) groups excluding carboxylic acids is 1. The minimum atomic E-state index is -1.09. The van der Waals surface area contributed by atoms with Crippen molar-refractivity contribution >= 4 is 11.9 Å². The van der Waals surface area contributed by atoms with Gasteiger partial charge in [0.05, 0.1) is 5.56 Å². The number of H-pyrrole nitrogens is 1. The predicted molar refractivity (Wildman–Crippen MR) is 89.6 cm³/mol. The summed E-state index contributed by atoms with van der Waals surface area (Å²) in [4.78, 5) is 37.9. The number of hydrogen-bond acceptors (Lipinski definition) is 3. The van der Waals surface area contributed by atoms with Crippen LogP contribution in [-0.2, 0) is 6.54 Å². The van der Waals surface area contributed by atoms with Crippen LogP contribution in [0.5, 0.6) is 0 Å². The number of aryl methyl sites for hydroxylation is 2. The van der Waals surface area contributed by atoms with E-state index in [2.05, 4.69) is 10.3 Å². The van der Waals surface area contributed by atoms with Crippen LogP contribution in [0.4, 0.5) is 0 Å². The lowest BCUT2D eigenvalue weighted by atomic mass is 10.1. The second-order valence-electron chi connectivity index (χ2n) is 5.70. The first-order valence-electron chi connectivity index (χ1n) is 7.70. The molecule has 128 valence electrons. The zero-order valence-electron chi connectivity index (χ0n) is 14.0. The Morgan fingerprint density at radius 1 is 1.25 bits per heavy atom. The van der Waals surface area contributed by atoms with Crippen LogP contribution in [0.1, 0.15) is 44.2 Å². The number of amides is 1. The minimum absolute atomic E-state index is 0.0316. The second kappa shape index (κ2) is 7.16. The van der Waals surface area contributed by atoms with Crippen LogP contribution in [0.2, 0.25) is 0 Å². The molecule has 0 atom stereocenters. The summed E-state index contributed by atoms with van der Waals surface area (Å²) in [5.74, 6) is -1.40. The second-order valence-corrected chi connectivity index (χ2v) is 5.70. The van der Waals surface area contributed by atoms with Crippen LogP contribution in [0.15, 0.2) is 23.0 Å². The van der Waals surface area contributed by atoms with Crippen molar-refractivity contribution in [3.63, 3.8) is 0 Å². The molecular weight excluding hydrogens is 310 g/mol. The van der Waals surface area contributed by atoms with E-state index >= 15 is 0 Å². The van der Waals surface area contributed by atoms with Crippen molar-refractivity contribution in [1.29, 1.82) is 0 Å². The molecule has 0 saturated carbocycles. The highest BCUT2D eigenvalue weighted by Gasteiger charge is 2.21. The molecule has 0 aliphatic heterocycles. The van der Waals surface area contributed by atoms with Gasteiger partial charge in [0.25, 0.3) is 11.5 Å². The molecular formula is C17H21N3O4. The molecule has 0 bridgehead atoms. The molecule has 0 spiro atoms. The highest BCUT2D eigenvalue weighted by atomic mass is 16.4. The fourth-order valence-electron chi connectivity index (χ4n) is 2.74. The van der Waals surface area contributed by atoms with Crippen molar-refractivity contribution in [1.82, 2.24) is 14.9 Å². The summed E-state index contributed by atoms with van der Waals surface area (Å²) in [5, 5.41) is 11.9. The average Bonchev–Trinajstić information content (AvgIpc) is 2.81. The summed E-state index contributed by atoms with van der Waals surface area (Å²) in [7, 11) is 0. The molecule has 2 heterocycles. The first-order chi connectivity index (χ1) is 11.3. The normalized spacial score (nSPS) is 10.6. The van der Waals surface area contributed by atoms with Gasteiger partial charge in [-0.05, 0) is 38.8 Å². The molecule has 2 aromatic rings. The van der Waals surface area contributed by atoms with Gasteiger partial charge in [0.15, 0.2) is 0 Å². The summed E-state index contributed by atoms with van der Waals surface area (Å²) < 4.78 is 1.65. The Balaban J connectivity index is 1.97. The van der Waals surface area contributed by atoms with E-state index in [1.807, 2.05) is 13.0 Å². The van der Waals surface area contributed by atoms with Gasteiger partial charge in [-0.15, -0.1) is 0 Å². The Morgan fingerprint density at radius 3 is 2.54 bits per heavy atom. The van der Waals surface area contributed by atoms with Gasteiger partial charge in [-0.25, -0.2) is 4.79 Å². The number of carboxylic acids is 1. The van der Waals surface area contributed by atoms with Crippen molar-refractivity contribution < 1.29 is 14.7 Å². The van der Waals surface area contributed by atoms with E-state index in [0.29, 0.717) is 36.3 Å². The summed E-state index contributed by atoms with van der Waals surface area (Å²) >= 11 is 0. The van der Waals surface area contributed by atoms with Crippen molar-refractivity contribution in [2.24, 2.45) is 0 Å². The molecule has 0 aliphatic carbocycles. The van der Waals surface area contributed by atoms with E-state index in [9.17, 15) is 14.4 Å². The standard InChI is InChI=1S/C17H21N3O4/c1-10-6-4-7-13(21)20(10)9-5-8-18-16(22)14-11(2)15(17(23)24)19-12(14)3/h4,6-7,19H,5,8-9H2,1-3H3,(H,18,22)(H,23,24). The maximum atomic E-state index is 12.3. The molecule has 2 rings (SSSR count). The molecule has 0 saturated heterocycles. The lowest BCUT2D eigenvalue weighted by Crippen LogP contribution is -2.28. The Hall–Kier alpha value is -2.83. The zero-order valence-corrected chi connectivity index (χ0v) is 14.0. The largest absolute Gasteiger partial charge is 0.477 e. The predicted octanol–water partition coefficient (Wildman–Crippen LogP) is 1.62. The quantitative estimate of drug-likeness (QED) is 0.700. The van der Waals surface area contributed by atoms with Gasteiger partial charge >= 0.3 is 5.97 Å². The average molecular weight is 331 g/mol. The third-order valence-electron chi connectivity index (χ3n) is 3.99. The number of nitrogens with one attached hydrogen (secondary N) is 2. The van der Waals surface area contributed by atoms with E-state index < -0.39 is 5.97 Å². The number of hydrogen-bond donors (Lipinski definition) is 3. The summed E-state index contributed by atoms with van der Waals surface area (Å²) in [6, 6.07) is 5.08. The van der Waals surface area contributed by atoms with Crippen LogP contribution in [0.25, 0.3) is 0 Å². The topological polar surface area (TPSA) is 104 Å². The van der Waals surface area contributed by atoms with Crippen molar-refractivity contribution in [2.45, 2.75) is 33.7 Å². The van der Waals surface area contributed by atoms with Gasteiger partial charge in [-0.3, -0.25) is 9.59 Å². The van der Waals surface area contributed by atoms with E-state index in [0.717, 1.165) is 5.69 Å². The molecule has 7 heteroatoms. The first kappa shape index (κ1) is 17.5. The lowest BCUT2D eigenvalue weighted by molar-refractivity contribution is 0.0690. The lowest BCUT2D eigenvalue weighted by Gasteiger charge is -2.10. The molecule has 2 aromatic heterocycles. The van der Waals surface area contributed by atoms with Crippen molar-refractivity contribution in [2.75, 3.05) is 6.54 Å². The number of nitrogens with zero attached hydrogens (tertiary/aromatic N) is 1. The number of aromatic amines is 1. The Morgan fingerprint density at radius 2 is 1.96 bits per heavy atom. The monoisotopic (exact) mass is 331 g/mol. The Bertz CT molecular complexity index is 833. The van der Waals surface area contributed by atoms with Gasteiger partial charge in [0, 0.05) is 30.5 Å². The van der Waals surface area contributed by atoms with E-state index in [4.69, 9.17) is 5.11 Å². The van der Waals surface area contributed by atoms with Gasteiger partial charge in [-0.1, -0.05) is 6.07 Å². The number of rotatable bonds is 6. The molecule has 0 aliphatic rings. The van der Waals surface area contributed by atoms with Gasteiger partial charge in [0.2, 0.25) is 0 Å². The van der Waals surface area contributed by atoms with Gasteiger partial charge in [-0.2, -0.15) is 0 Å². The molecule has 0 radical (unpaired) electrons. The van der Waals surface area contributed by atoms with Crippen LogP contribution in [0, 0.1) is 20.8 Å². The highest BCUT2D eigenvalue weighted by molar-refractivity contribution is 6.00. The van der Waals surface area contributed by atoms with Gasteiger partial charge < -0.3 is 20.0 Å². The number of aromatic carboxylic acids is 1. The SMILES string of the molecule is Cc1[nH]c(C(=O)O)c(C)c1C(=O)NCCCn1c(C)cccc1=O. The molecule has 0 fully saturated rings. The number of pyridine rings is 1. The van der Waals surface area contributed by atoms with E-state index in [1.54, 1.807) is 24.5 Å². The number of carbonyl (C=O) groups is 2. The van der Waals surface area contributed by atoms with Gasteiger partial charge in [0.1, 0.15) is 5.69 Å². The van der Waals surface area contributed by atoms with Crippen molar-refractivity contribution in [3.8, 4) is 0 Å². The third-order valence-corrected chi connectivity index (χ3v) is 3.99. The number of aromatic nitrogens is 2. The maximum Gasteiger partial charge on any atom is 0.352 e. The van der Waals surface area contributed by atoms with Crippen LogP contribution in [-0.4, -0.2) is 33.1 Å². The first-order valence-corrected chi connectivity index (χ1v) is 7.70. The minimum Gasteiger partial charge on any atom is -0.477 e. The maximum absolute atomic E-state index is 12.3. The number of carboxylic acid groups (broad SMARTS) is 1. The van der Waals surface area contributed by atoms with Crippen LogP contribution in [0.3, 0.4) is 0 Å². The van der Waals surface area contributed by atoms with E-state index in [1.165, 1.54) is 6.07 Å². The third kappa shape index (κ3) is 3.56. The van der Waals surface area contributed by atoms with Crippen LogP contribution < -0.4 is 10.9 Å². The molecule has 0 aromatic carbocycles. The summed E-state index contributed by atoms with van der Waals surface area (Å²) in [6.07, 6.45) is 0.602. The molecule has 7 nitrogen and oxygen atoms in total. The van der Waals surface area contributed by atoms with Crippen molar-refractivity contribution in [3.05, 3.63) is 56.8 Å². The van der Waals surface area contributed by atoms with E-state index in [-0.39, 0.29) is 17.2 Å². The molecule has 0 unspecified atom stereocenters. The Kier molecular flexibility index (Phi) is 5.23.